The van der Waals surface area contributed by atoms with Crippen molar-refractivity contribution in [3.05, 3.63) is 47.5 Å². The molecule has 0 aliphatic carbocycles. The van der Waals surface area contributed by atoms with Gasteiger partial charge in [0.1, 0.15) is 5.75 Å². The van der Waals surface area contributed by atoms with Gasteiger partial charge in [0.15, 0.2) is 6.61 Å². The van der Waals surface area contributed by atoms with E-state index in [-0.39, 0.29) is 33.2 Å². The lowest BCUT2D eigenvalue weighted by Crippen LogP contribution is -2.52. The predicted octanol–water partition coefficient (Wildman–Crippen LogP) is 2.29. The highest BCUT2D eigenvalue weighted by molar-refractivity contribution is 7.91. The SMILES string of the molecule is C[C@@](O)(C(=O)Nc1ccc(S(=O)(=O)c2ccc(OCC(N)=O)cc2)cc1Cl)C(F)(F)F. The molecule has 0 radical (unpaired) electrons. The van der Waals surface area contributed by atoms with Crippen molar-refractivity contribution in [2.45, 2.75) is 28.5 Å². The van der Waals surface area contributed by atoms with Crippen molar-refractivity contribution in [2.24, 2.45) is 5.73 Å². The minimum atomic E-state index is -5.24. The largest absolute Gasteiger partial charge is 0.484 e. The van der Waals surface area contributed by atoms with Gasteiger partial charge in [-0.25, -0.2) is 8.42 Å². The van der Waals surface area contributed by atoms with Crippen LogP contribution in [0.4, 0.5) is 18.9 Å². The first-order valence-electron chi connectivity index (χ1n) is 8.32. The standard InChI is InChI=1S/C18H16ClF3N2O6S/c1-17(27,18(20,21)22)16(26)24-14-7-6-12(8-13(14)19)31(28,29)11-4-2-10(3-5-11)30-9-15(23)25/h2-8,27H,9H2,1H3,(H2,23,25)(H,24,26)/t17-/m1/s1. The molecule has 0 unspecified atom stereocenters. The summed E-state index contributed by atoms with van der Waals surface area (Å²) in [5.41, 5.74) is 0.939. The second-order valence-corrected chi connectivity index (χ2v) is 8.75. The molecule has 2 amide bonds. The normalized spacial score (nSPS) is 13.9. The minimum absolute atomic E-state index is 0.160. The van der Waals surface area contributed by atoms with Gasteiger partial charge in [0.05, 0.1) is 20.5 Å². The van der Waals surface area contributed by atoms with Gasteiger partial charge >= 0.3 is 6.18 Å². The van der Waals surface area contributed by atoms with Gasteiger partial charge in [-0.15, -0.1) is 0 Å². The molecule has 0 aromatic heterocycles. The topological polar surface area (TPSA) is 136 Å². The Morgan fingerprint density at radius 2 is 1.68 bits per heavy atom. The molecule has 0 saturated carbocycles. The smallest absolute Gasteiger partial charge is 0.426 e. The molecule has 13 heteroatoms. The summed E-state index contributed by atoms with van der Waals surface area (Å²) in [6, 6.07) is 7.95. The van der Waals surface area contributed by atoms with Gasteiger partial charge in [0.25, 0.3) is 11.8 Å². The zero-order chi connectivity index (χ0) is 23.6. The van der Waals surface area contributed by atoms with Crippen LogP contribution in [-0.4, -0.2) is 43.7 Å². The van der Waals surface area contributed by atoms with E-state index in [4.69, 9.17) is 22.1 Å². The summed E-state index contributed by atoms with van der Waals surface area (Å²) >= 11 is 5.92. The van der Waals surface area contributed by atoms with Crippen molar-refractivity contribution in [3.8, 4) is 5.75 Å². The zero-order valence-corrected chi connectivity index (χ0v) is 17.3. The average molecular weight is 481 g/mol. The lowest BCUT2D eigenvalue weighted by atomic mass is 10.1. The van der Waals surface area contributed by atoms with Crippen LogP contribution in [0.25, 0.3) is 0 Å². The van der Waals surface area contributed by atoms with Crippen LogP contribution in [0.1, 0.15) is 6.92 Å². The van der Waals surface area contributed by atoms with E-state index in [1.54, 1.807) is 0 Å². The van der Waals surface area contributed by atoms with Crippen molar-refractivity contribution >= 4 is 38.9 Å². The van der Waals surface area contributed by atoms with Crippen molar-refractivity contribution < 1.29 is 41.0 Å². The number of alkyl halides is 3. The summed E-state index contributed by atoms with van der Waals surface area (Å²) in [5.74, 6) is -2.30. The summed E-state index contributed by atoms with van der Waals surface area (Å²) < 4.78 is 68.8. The van der Waals surface area contributed by atoms with Crippen LogP contribution in [0.5, 0.6) is 5.75 Å². The number of aliphatic hydroxyl groups is 1. The Hall–Kier alpha value is -2.83. The highest BCUT2D eigenvalue weighted by atomic mass is 35.5. The first-order chi connectivity index (χ1) is 14.2. The number of rotatable bonds is 7. The van der Waals surface area contributed by atoms with E-state index in [2.05, 4.69) is 0 Å². The lowest BCUT2D eigenvalue weighted by Gasteiger charge is -2.25. The molecule has 2 aromatic rings. The van der Waals surface area contributed by atoms with E-state index in [0.717, 1.165) is 18.2 Å². The molecule has 4 N–H and O–H groups in total. The van der Waals surface area contributed by atoms with E-state index >= 15 is 0 Å². The molecular weight excluding hydrogens is 465 g/mol. The molecule has 0 bridgehead atoms. The molecule has 8 nitrogen and oxygen atoms in total. The molecule has 168 valence electrons. The maximum atomic E-state index is 12.8. The van der Waals surface area contributed by atoms with Gasteiger partial charge in [-0.3, -0.25) is 9.59 Å². The first kappa shape index (κ1) is 24.4. The Morgan fingerprint density at radius 1 is 1.13 bits per heavy atom. The van der Waals surface area contributed by atoms with Crippen LogP contribution < -0.4 is 15.8 Å². The fourth-order valence-electron chi connectivity index (χ4n) is 2.14. The molecule has 2 rings (SSSR count). The predicted molar refractivity (Wildman–Crippen MR) is 103 cm³/mol. The third-order valence-electron chi connectivity index (χ3n) is 4.01. The first-order valence-corrected chi connectivity index (χ1v) is 10.2. The van der Waals surface area contributed by atoms with Gasteiger partial charge in [0, 0.05) is 0 Å². The summed E-state index contributed by atoms with van der Waals surface area (Å²) in [5, 5.41) is 10.8. The molecule has 0 saturated heterocycles. The number of halogens is 4. The minimum Gasteiger partial charge on any atom is -0.484 e. The lowest BCUT2D eigenvalue weighted by molar-refractivity contribution is -0.242. The van der Waals surface area contributed by atoms with Crippen molar-refractivity contribution in [1.82, 2.24) is 0 Å². The van der Waals surface area contributed by atoms with Crippen molar-refractivity contribution in [1.29, 1.82) is 0 Å². The number of hydrogen-bond donors (Lipinski definition) is 3. The van der Waals surface area contributed by atoms with Crippen LogP contribution in [0.3, 0.4) is 0 Å². The van der Waals surface area contributed by atoms with Crippen molar-refractivity contribution in [3.63, 3.8) is 0 Å². The van der Waals surface area contributed by atoms with Gasteiger partial charge in [0.2, 0.25) is 15.4 Å². The molecular formula is C18H16ClF3N2O6S. The monoisotopic (exact) mass is 480 g/mol. The number of hydrogen-bond acceptors (Lipinski definition) is 6. The van der Waals surface area contributed by atoms with E-state index in [1.807, 2.05) is 5.32 Å². The van der Waals surface area contributed by atoms with Gasteiger partial charge in [-0.1, -0.05) is 11.6 Å². The van der Waals surface area contributed by atoms with Crippen LogP contribution >= 0.6 is 11.6 Å². The number of carbonyl (C=O) groups excluding carboxylic acids is 2. The molecule has 0 aliphatic rings. The van der Waals surface area contributed by atoms with Gasteiger partial charge in [-0.2, -0.15) is 13.2 Å². The Labute approximate surface area is 179 Å². The number of anilines is 1. The Morgan fingerprint density at radius 3 is 2.16 bits per heavy atom. The zero-order valence-electron chi connectivity index (χ0n) is 15.7. The van der Waals surface area contributed by atoms with Gasteiger partial charge < -0.3 is 20.9 Å². The van der Waals surface area contributed by atoms with Crippen LogP contribution in [0.15, 0.2) is 52.3 Å². The highest BCUT2D eigenvalue weighted by Gasteiger charge is 2.55. The third-order valence-corrected chi connectivity index (χ3v) is 6.09. The van der Waals surface area contributed by atoms with Crippen LogP contribution in [-0.2, 0) is 19.4 Å². The quantitative estimate of drug-likeness (QED) is 0.556. The van der Waals surface area contributed by atoms with Crippen LogP contribution in [0, 0.1) is 0 Å². The molecule has 0 aliphatic heterocycles. The number of carbonyl (C=O) groups is 2. The molecule has 0 fully saturated rings. The fourth-order valence-corrected chi connectivity index (χ4v) is 3.72. The number of primary amides is 1. The molecule has 0 spiro atoms. The van der Waals surface area contributed by atoms with Crippen molar-refractivity contribution in [2.75, 3.05) is 11.9 Å². The third kappa shape index (κ3) is 5.46. The van der Waals surface area contributed by atoms with E-state index < -0.39 is 40.0 Å². The van der Waals surface area contributed by atoms with Crippen LogP contribution in [0.2, 0.25) is 5.02 Å². The number of benzene rings is 2. The maximum Gasteiger partial charge on any atom is 0.426 e. The van der Waals surface area contributed by atoms with Gasteiger partial charge in [-0.05, 0) is 49.4 Å². The molecule has 0 heterocycles. The molecule has 1 atom stereocenters. The number of nitrogens with one attached hydrogen (secondary N) is 1. The Bertz CT molecular complexity index is 1100. The Kier molecular flexibility index (Phi) is 6.88. The van der Waals surface area contributed by atoms with E-state index in [0.29, 0.717) is 0 Å². The average Bonchev–Trinajstić information content (AvgIpc) is 2.67. The summed E-state index contributed by atoms with van der Waals surface area (Å²) in [7, 11) is -4.08. The number of ether oxygens (including phenoxy) is 1. The summed E-state index contributed by atoms with van der Waals surface area (Å²) in [4.78, 5) is 22.0. The summed E-state index contributed by atoms with van der Waals surface area (Å²) in [6.07, 6.45) is -5.24. The second kappa shape index (κ2) is 8.73. The van der Waals surface area contributed by atoms with E-state index in [1.165, 1.54) is 24.3 Å². The number of amides is 2. The number of nitrogens with two attached hydrogens (primary N) is 1. The fraction of sp³-hybridized carbons (Fsp3) is 0.222. The summed E-state index contributed by atoms with van der Waals surface area (Å²) in [6.45, 7) is -0.123. The second-order valence-electron chi connectivity index (χ2n) is 6.40. The van der Waals surface area contributed by atoms with E-state index in [9.17, 15) is 36.3 Å². The highest BCUT2D eigenvalue weighted by Crippen LogP contribution is 2.33. The number of sulfone groups is 1. The molecule has 31 heavy (non-hydrogen) atoms. The maximum absolute atomic E-state index is 12.8. The Balaban J connectivity index is 2.25. The molecule has 2 aromatic carbocycles.